The van der Waals surface area contributed by atoms with E-state index in [0.717, 1.165) is 69.9 Å². The number of carbonyl (C=O) groups is 1. The molecule has 0 unspecified atom stereocenters. The van der Waals surface area contributed by atoms with Gasteiger partial charge in [0.2, 0.25) is 11.9 Å². The van der Waals surface area contributed by atoms with Crippen LogP contribution < -0.4 is 10.2 Å². The first-order valence-electron chi connectivity index (χ1n) is 12.2. The van der Waals surface area contributed by atoms with Crippen LogP contribution in [0.3, 0.4) is 0 Å². The molecule has 4 rings (SSSR count). The third-order valence-electron chi connectivity index (χ3n) is 6.88. The van der Waals surface area contributed by atoms with Crippen molar-refractivity contribution in [2.24, 2.45) is 11.8 Å². The van der Waals surface area contributed by atoms with Crippen molar-refractivity contribution in [1.82, 2.24) is 20.2 Å². The minimum atomic E-state index is 0.0772. The van der Waals surface area contributed by atoms with Gasteiger partial charge in [-0.15, -0.1) is 0 Å². The van der Waals surface area contributed by atoms with Crippen molar-refractivity contribution in [3.05, 3.63) is 53.3 Å². The van der Waals surface area contributed by atoms with Gasteiger partial charge in [-0.1, -0.05) is 30.3 Å². The predicted molar refractivity (Wildman–Crippen MR) is 129 cm³/mol. The number of likely N-dealkylation sites (tertiary alicyclic amines) is 1. The molecule has 3 heterocycles. The first kappa shape index (κ1) is 22.9. The van der Waals surface area contributed by atoms with Crippen LogP contribution in [-0.2, 0) is 11.3 Å². The molecule has 0 saturated carbocycles. The molecule has 2 saturated heterocycles. The van der Waals surface area contributed by atoms with Crippen LogP contribution >= 0.6 is 0 Å². The number of rotatable bonds is 7. The van der Waals surface area contributed by atoms with Gasteiger partial charge in [0, 0.05) is 30.4 Å². The van der Waals surface area contributed by atoms with Crippen molar-refractivity contribution in [2.75, 3.05) is 37.6 Å². The SMILES string of the molecule is Cc1cc(C)nc(N(CCC2CCN(Cc3ccccc3)CC2)C(=O)C2CCNCC2)n1. The maximum Gasteiger partial charge on any atom is 0.232 e. The van der Waals surface area contributed by atoms with Crippen LogP contribution in [0, 0.1) is 25.7 Å². The molecule has 2 aromatic rings. The maximum atomic E-state index is 13.5. The van der Waals surface area contributed by atoms with Gasteiger partial charge in [0.15, 0.2) is 0 Å². The fraction of sp³-hybridized carbons (Fsp3) is 0.577. The number of anilines is 1. The zero-order valence-electron chi connectivity index (χ0n) is 19.6. The summed E-state index contributed by atoms with van der Waals surface area (Å²) in [4.78, 5) is 27.2. The summed E-state index contributed by atoms with van der Waals surface area (Å²) in [6.07, 6.45) is 5.20. The van der Waals surface area contributed by atoms with Gasteiger partial charge in [-0.05, 0) is 89.7 Å². The standard InChI is InChI=1S/C26H37N5O/c1-20-18-21(2)29-26(28-20)31(25(32)24-8-13-27-14-9-24)17-12-22-10-15-30(16-11-22)19-23-6-4-3-5-7-23/h3-7,18,22,24,27H,8-17,19H2,1-2H3. The fourth-order valence-corrected chi connectivity index (χ4v) is 5.01. The van der Waals surface area contributed by atoms with Crippen LogP contribution in [0.2, 0.25) is 0 Å². The molecule has 2 aliphatic heterocycles. The summed E-state index contributed by atoms with van der Waals surface area (Å²) in [7, 11) is 0. The monoisotopic (exact) mass is 435 g/mol. The molecule has 1 aromatic heterocycles. The normalized spacial score (nSPS) is 18.6. The third kappa shape index (κ3) is 6.14. The number of hydrogen-bond acceptors (Lipinski definition) is 5. The number of hydrogen-bond donors (Lipinski definition) is 1. The Morgan fingerprint density at radius 1 is 1.03 bits per heavy atom. The Hall–Kier alpha value is -2.31. The maximum absolute atomic E-state index is 13.5. The minimum Gasteiger partial charge on any atom is -0.317 e. The van der Waals surface area contributed by atoms with Crippen LogP contribution in [0.15, 0.2) is 36.4 Å². The van der Waals surface area contributed by atoms with Crippen LogP contribution in [-0.4, -0.2) is 53.5 Å². The second-order valence-electron chi connectivity index (χ2n) is 9.46. The fourth-order valence-electron chi connectivity index (χ4n) is 5.01. The van der Waals surface area contributed by atoms with E-state index in [9.17, 15) is 4.79 Å². The predicted octanol–water partition coefficient (Wildman–Crippen LogP) is 3.73. The highest BCUT2D eigenvalue weighted by Crippen LogP contribution is 2.25. The van der Waals surface area contributed by atoms with E-state index in [0.29, 0.717) is 11.9 Å². The molecule has 6 heteroatoms. The summed E-state index contributed by atoms with van der Waals surface area (Å²) in [5.74, 6) is 1.52. The Kier molecular flexibility index (Phi) is 7.87. The highest BCUT2D eigenvalue weighted by molar-refractivity contribution is 5.93. The number of nitrogens with one attached hydrogen (secondary N) is 1. The Balaban J connectivity index is 1.36. The van der Waals surface area contributed by atoms with Crippen molar-refractivity contribution < 1.29 is 4.79 Å². The highest BCUT2D eigenvalue weighted by Gasteiger charge is 2.29. The average Bonchev–Trinajstić information content (AvgIpc) is 2.81. The van der Waals surface area contributed by atoms with Gasteiger partial charge in [-0.2, -0.15) is 0 Å². The topological polar surface area (TPSA) is 61.4 Å². The van der Waals surface area contributed by atoms with E-state index >= 15 is 0 Å². The highest BCUT2D eigenvalue weighted by atomic mass is 16.2. The van der Waals surface area contributed by atoms with Crippen molar-refractivity contribution >= 4 is 11.9 Å². The van der Waals surface area contributed by atoms with E-state index in [1.807, 2.05) is 24.8 Å². The molecule has 1 aromatic carbocycles. The lowest BCUT2D eigenvalue weighted by molar-refractivity contribution is -0.123. The second-order valence-corrected chi connectivity index (χ2v) is 9.46. The number of carbonyl (C=O) groups excluding carboxylic acids is 1. The quantitative estimate of drug-likeness (QED) is 0.718. The smallest absolute Gasteiger partial charge is 0.232 e. The van der Waals surface area contributed by atoms with Gasteiger partial charge < -0.3 is 5.32 Å². The summed E-state index contributed by atoms with van der Waals surface area (Å²) in [5, 5.41) is 3.37. The summed E-state index contributed by atoms with van der Waals surface area (Å²) >= 11 is 0. The molecule has 6 nitrogen and oxygen atoms in total. The molecule has 2 fully saturated rings. The Labute approximate surface area is 192 Å². The van der Waals surface area contributed by atoms with Gasteiger partial charge >= 0.3 is 0 Å². The van der Waals surface area contributed by atoms with Crippen molar-refractivity contribution in [3.63, 3.8) is 0 Å². The van der Waals surface area contributed by atoms with Gasteiger partial charge in [-0.25, -0.2) is 9.97 Å². The zero-order chi connectivity index (χ0) is 22.3. The third-order valence-corrected chi connectivity index (χ3v) is 6.88. The number of amides is 1. The lowest BCUT2D eigenvalue weighted by atomic mass is 9.92. The van der Waals surface area contributed by atoms with Crippen molar-refractivity contribution in [1.29, 1.82) is 0 Å². The summed E-state index contributed by atoms with van der Waals surface area (Å²) < 4.78 is 0. The minimum absolute atomic E-state index is 0.0772. The molecule has 172 valence electrons. The van der Waals surface area contributed by atoms with Crippen LogP contribution in [0.5, 0.6) is 0 Å². The molecule has 32 heavy (non-hydrogen) atoms. The molecule has 1 amide bonds. The zero-order valence-corrected chi connectivity index (χ0v) is 19.6. The lowest BCUT2D eigenvalue weighted by Crippen LogP contribution is -2.43. The Morgan fingerprint density at radius 2 is 1.69 bits per heavy atom. The van der Waals surface area contributed by atoms with Gasteiger partial charge in [0.05, 0.1) is 0 Å². The summed E-state index contributed by atoms with van der Waals surface area (Å²) in [6.45, 7) is 9.79. The van der Waals surface area contributed by atoms with E-state index in [-0.39, 0.29) is 11.8 Å². The van der Waals surface area contributed by atoms with Crippen LogP contribution in [0.1, 0.15) is 49.1 Å². The number of aromatic nitrogens is 2. The van der Waals surface area contributed by atoms with Crippen LogP contribution in [0.4, 0.5) is 5.95 Å². The molecular weight excluding hydrogens is 398 g/mol. The molecule has 0 bridgehead atoms. The molecule has 0 spiro atoms. The molecule has 0 radical (unpaired) electrons. The first-order valence-corrected chi connectivity index (χ1v) is 12.2. The Morgan fingerprint density at radius 3 is 2.34 bits per heavy atom. The van der Waals surface area contributed by atoms with Gasteiger partial charge in [0.25, 0.3) is 0 Å². The second kappa shape index (κ2) is 11.0. The summed E-state index contributed by atoms with van der Waals surface area (Å²) in [6, 6.07) is 12.7. The van der Waals surface area contributed by atoms with E-state index in [1.165, 1.54) is 18.4 Å². The molecule has 1 N–H and O–H groups in total. The summed E-state index contributed by atoms with van der Waals surface area (Å²) in [5.41, 5.74) is 3.23. The average molecular weight is 436 g/mol. The first-order chi connectivity index (χ1) is 15.6. The van der Waals surface area contributed by atoms with E-state index < -0.39 is 0 Å². The molecular formula is C26H37N5O. The molecule has 0 aliphatic carbocycles. The lowest BCUT2D eigenvalue weighted by Gasteiger charge is -2.34. The number of nitrogens with zero attached hydrogens (tertiary/aromatic N) is 4. The van der Waals surface area contributed by atoms with Gasteiger partial charge in [-0.3, -0.25) is 14.6 Å². The number of aryl methyl sites for hydroxylation is 2. The van der Waals surface area contributed by atoms with E-state index in [4.69, 9.17) is 0 Å². The van der Waals surface area contributed by atoms with Crippen LogP contribution in [0.25, 0.3) is 0 Å². The van der Waals surface area contributed by atoms with E-state index in [1.54, 1.807) is 0 Å². The Bertz CT molecular complexity index is 853. The van der Waals surface area contributed by atoms with E-state index in [2.05, 4.69) is 50.5 Å². The number of benzene rings is 1. The van der Waals surface area contributed by atoms with Gasteiger partial charge in [0.1, 0.15) is 0 Å². The van der Waals surface area contributed by atoms with Crippen molar-refractivity contribution in [2.45, 2.75) is 52.5 Å². The number of piperidine rings is 2. The molecule has 2 aliphatic rings. The largest absolute Gasteiger partial charge is 0.317 e. The molecule has 0 atom stereocenters. The van der Waals surface area contributed by atoms with Crippen molar-refractivity contribution in [3.8, 4) is 0 Å².